The molecule has 5 nitrogen and oxygen atoms in total. The minimum Gasteiger partial charge on any atom is -0.508 e. The molecular weight excluding hydrogens is 404 g/mol. The number of ketones is 2. The van der Waals surface area contributed by atoms with Gasteiger partial charge in [-0.2, -0.15) is 0 Å². The maximum Gasteiger partial charge on any atom is 0.161 e. The van der Waals surface area contributed by atoms with Gasteiger partial charge in [0.05, 0.1) is 5.60 Å². The number of carbonyl (C=O) groups is 2. The largest absolute Gasteiger partial charge is 0.508 e. The fourth-order valence-corrected chi connectivity index (χ4v) is 4.73. The monoisotopic (exact) mass is 442 g/mol. The predicted molar refractivity (Wildman–Crippen MR) is 127 cm³/mol. The first-order valence-electron chi connectivity index (χ1n) is 11.3. The minimum absolute atomic E-state index is 0.0329. The third-order valence-electron chi connectivity index (χ3n) is 7.02. The highest BCUT2D eigenvalue weighted by atomic mass is 16.3. The number of phenolic OH excluding ortho intramolecular Hbond substituents is 2. The third kappa shape index (κ3) is 6.10. The van der Waals surface area contributed by atoms with Crippen LogP contribution in [0.15, 0.2) is 35.9 Å². The highest BCUT2D eigenvalue weighted by Gasteiger charge is 2.52. The van der Waals surface area contributed by atoms with Crippen molar-refractivity contribution in [2.75, 3.05) is 0 Å². The summed E-state index contributed by atoms with van der Waals surface area (Å²) in [5, 5.41) is 29.9. The van der Waals surface area contributed by atoms with Gasteiger partial charge < -0.3 is 15.3 Å². The molecule has 0 radical (unpaired) electrons. The first kappa shape index (κ1) is 25.9. The molecule has 0 amide bonds. The second-order valence-corrected chi connectivity index (χ2v) is 10.5. The number of Topliss-reactive ketones (excluding diaryl/α,β-unsaturated/α-hetero) is 1. The Balaban J connectivity index is 2.08. The van der Waals surface area contributed by atoms with Crippen LogP contribution in [0.1, 0.15) is 77.8 Å². The SMILES string of the molecule is CC(=CCc1cc(O)cc(C)c1O)CC(=O)C[C@@]1(C)CCC[C@@]1(C)C(=O)C=CC(C)(C)O. The van der Waals surface area contributed by atoms with Crippen molar-refractivity contribution in [2.24, 2.45) is 10.8 Å². The van der Waals surface area contributed by atoms with E-state index >= 15 is 0 Å². The number of rotatable bonds is 9. The number of allylic oxidation sites excluding steroid dienone is 3. The first-order valence-corrected chi connectivity index (χ1v) is 11.3. The lowest BCUT2D eigenvalue weighted by Crippen LogP contribution is -2.40. The lowest BCUT2D eigenvalue weighted by atomic mass is 9.63. The molecule has 176 valence electrons. The van der Waals surface area contributed by atoms with E-state index in [0.29, 0.717) is 24.0 Å². The van der Waals surface area contributed by atoms with E-state index in [-0.39, 0.29) is 29.5 Å². The molecule has 1 fully saturated rings. The molecule has 0 aliphatic heterocycles. The molecular formula is C27H38O5. The lowest BCUT2D eigenvalue weighted by Gasteiger charge is -2.39. The number of aliphatic hydroxyl groups is 1. The molecule has 0 bridgehead atoms. The minimum atomic E-state index is -1.05. The van der Waals surface area contributed by atoms with Crippen LogP contribution in [0.4, 0.5) is 0 Å². The van der Waals surface area contributed by atoms with Gasteiger partial charge in [0.25, 0.3) is 0 Å². The van der Waals surface area contributed by atoms with Gasteiger partial charge in [0.2, 0.25) is 0 Å². The van der Waals surface area contributed by atoms with Crippen molar-refractivity contribution in [1.29, 1.82) is 0 Å². The summed E-state index contributed by atoms with van der Waals surface area (Å²) in [6, 6.07) is 3.04. The van der Waals surface area contributed by atoms with E-state index in [1.54, 1.807) is 20.8 Å². The number of phenols is 2. The Morgan fingerprint density at radius 2 is 1.81 bits per heavy atom. The number of benzene rings is 1. The van der Waals surface area contributed by atoms with Crippen LogP contribution in [0.25, 0.3) is 0 Å². The summed E-state index contributed by atoms with van der Waals surface area (Å²) in [5.74, 6) is 0.318. The molecule has 1 aromatic rings. The molecule has 0 unspecified atom stereocenters. The van der Waals surface area contributed by atoms with Gasteiger partial charge in [-0.15, -0.1) is 0 Å². The fourth-order valence-electron chi connectivity index (χ4n) is 4.73. The summed E-state index contributed by atoms with van der Waals surface area (Å²) in [5.41, 5.74) is 0.0137. The molecule has 1 saturated carbocycles. The summed E-state index contributed by atoms with van der Waals surface area (Å²) in [7, 11) is 0. The zero-order chi connectivity index (χ0) is 24.3. The topological polar surface area (TPSA) is 94.8 Å². The average Bonchev–Trinajstić information content (AvgIpc) is 2.95. The Morgan fingerprint density at radius 1 is 1.16 bits per heavy atom. The van der Waals surface area contributed by atoms with Crippen LogP contribution < -0.4 is 0 Å². The zero-order valence-electron chi connectivity index (χ0n) is 20.3. The molecule has 1 aromatic carbocycles. The number of hydrogen-bond acceptors (Lipinski definition) is 5. The van der Waals surface area contributed by atoms with Gasteiger partial charge in [0.15, 0.2) is 5.78 Å². The van der Waals surface area contributed by atoms with Gasteiger partial charge in [0, 0.05) is 23.8 Å². The lowest BCUT2D eigenvalue weighted by molar-refractivity contribution is -0.131. The maximum absolute atomic E-state index is 13.0. The van der Waals surface area contributed by atoms with Crippen LogP contribution in [0.2, 0.25) is 0 Å². The summed E-state index contributed by atoms with van der Waals surface area (Å²) < 4.78 is 0. The average molecular weight is 443 g/mol. The van der Waals surface area contributed by atoms with Crippen molar-refractivity contribution in [2.45, 2.75) is 85.7 Å². The Kier molecular flexibility index (Phi) is 7.77. The Bertz CT molecular complexity index is 934. The van der Waals surface area contributed by atoms with Crippen LogP contribution in [-0.2, 0) is 16.0 Å². The van der Waals surface area contributed by atoms with E-state index < -0.39 is 16.4 Å². The summed E-state index contributed by atoms with van der Waals surface area (Å²) >= 11 is 0. The quantitative estimate of drug-likeness (QED) is 0.273. The van der Waals surface area contributed by atoms with E-state index in [2.05, 4.69) is 0 Å². The van der Waals surface area contributed by atoms with Crippen LogP contribution in [0, 0.1) is 17.8 Å². The van der Waals surface area contributed by atoms with Crippen LogP contribution >= 0.6 is 0 Å². The molecule has 1 aliphatic rings. The van der Waals surface area contributed by atoms with Crippen molar-refractivity contribution in [3.8, 4) is 11.5 Å². The van der Waals surface area contributed by atoms with E-state index in [1.165, 1.54) is 24.3 Å². The molecule has 0 aromatic heterocycles. The van der Waals surface area contributed by atoms with Gasteiger partial charge in [-0.25, -0.2) is 0 Å². The van der Waals surface area contributed by atoms with Crippen LogP contribution in [0.3, 0.4) is 0 Å². The van der Waals surface area contributed by atoms with Crippen molar-refractivity contribution in [3.05, 3.63) is 47.1 Å². The first-order chi connectivity index (χ1) is 14.7. The number of aromatic hydroxyl groups is 2. The Hall–Kier alpha value is -2.40. The summed E-state index contributed by atoms with van der Waals surface area (Å²) in [4.78, 5) is 25.9. The van der Waals surface area contributed by atoms with Crippen LogP contribution in [-0.4, -0.2) is 32.5 Å². The van der Waals surface area contributed by atoms with Crippen LogP contribution in [0.5, 0.6) is 11.5 Å². The molecule has 3 N–H and O–H groups in total. The number of hydrogen-bond donors (Lipinski definition) is 3. The highest BCUT2D eigenvalue weighted by molar-refractivity contribution is 5.96. The smallest absolute Gasteiger partial charge is 0.161 e. The van der Waals surface area contributed by atoms with Crippen molar-refractivity contribution in [1.82, 2.24) is 0 Å². The van der Waals surface area contributed by atoms with E-state index in [4.69, 9.17) is 0 Å². The molecule has 0 spiro atoms. The zero-order valence-corrected chi connectivity index (χ0v) is 20.3. The maximum atomic E-state index is 13.0. The number of aryl methyl sites for hydroxylation is 1. The standard InChI is InChI=1S/C27H38O5/c1-18(8-9-20-16-21(28)15-19(2)24(20)31)14-22(29)17-26(5)11-7-12-27(26,6)23(30)10-13-25(3,4)32/h8,10,13,15-16,28,31-32H,7,9,11-12,14,17H2,1-6H3/t26-,27+/m1/s1. The molecule has 0 heterocycles. The third-order valence-corrected chi connectivity index (χ3v) is 7.02. The molecule has 5 heteroatoms. The molecule has 1 aliphatic carbocycles. The predicted octanol–water partition coefficient (Wildman–Crippen LogP) is 5.34. The van der Waals surface area contributed by atoms with Gasteiger partial charge in [-0.05, 0) is 76.1 Å². The van der Waals surface area contributed by atoms with Crippen molar-refractivity contribution >= 4 is 11.6 Å². The van der Waals surface area contributed by atoms with Gasteiger partial charge in [0.1, 0.15) is 17.3 Å². The summed E-state index contributed by atoms with van der Waals surface area (Å²) in [6.45, 7) is 10.8. The second-order valence-electron chi connectivity index (χ2n) is 10.5. The highest BCUT2D eigenvalue weighted by Crippen LogP contribution is 2.55. The van der Waals surface area contributed by atoms with E-state index in [0.717, 1.165) is 24.8 Å². The fraction of sp³-hybridized carbons (Fsp3) is 0.556. The number of carbonyl (C=O) groups excluding carboxylic acids is 2. The molecule has 2 rings (SSSR count). The second kappa shape index (κ2) is 9.62. The summed E-state index contributed by atoms with van der Waals surface area (Å²) in [6.07, 6.45) is 8.38. The van der Waals surface area contributed by atoms with E-state index in [1.807, 2.05) is 26.8 Å². The van der Waals surface area contributed by atoms with Crippen molar-refractivity contribution < 1.29 is 24.9 Å². The molecule has 0 saturated heterocycles. The molecule has 2 atom stereocenters. The Labute approximate surface area is 191 Å². The van der Waals surface area contributed by atoms with Gasteiger partial charge >= 0.3 is 0 Å². The molecule has 32 heavy (non-hydrogen) atoms. The van der Waals surface area contributed by atoms with Crippen molar-refractivity contribution in [3.63, 3.8) is 0 Å². The Morgan fingerprint density at radius 3 is 2.44 bits per heavy atom. The van der Waals surface area contributed by atoms with E-state index in [9.17, 15) is 24.9 Å². The normalized spacial score (nSPS) is 24.3. The van der Waals surface area contributed by atoms with Gasteiger partial charge in [-0.1, -0.05) is 38.0 Å². The van der Waals surface area contributed by atoms with Gasteiger partial charge in [-0.3, -0.25) is 9.59 Å².